The molecule has 0 bridgehead atoms. The summed E-state index contributed by atoms with van der Waals surface area (Å²) in [7, 11) is 0. The molecule has 0 aliphatic heterocycles. The van der Waals surface area contributed by atoms with E-state index in [1.807, 2.05) is 25.7 Å². The summed E-state index contributed by atoms with van der Waals surface area (Å²) in [6.45, 7) is 7.28. The third-order valence-electron chi connectivity index (χ3n) is 2.73. The molecule has 0 aliphatic rings. The number of nitro benzene ring substituents is 1. The molecule has 0 heterocycles. The molecule has 1 aromatic carbocycles. The molecule has 1 aromatic rings. The minimum atomic E-state index is -1.17. The van der Waals surface area contributed by atoms with Crippen molar-refractivity contribution in [1.82, 2.24) is 0 Å². The minimum absolute atomic E-state index is 0.0731. The summed E-state index contributed by atoms with van der Waals surface area (Å²) in [6, 6.07) is 4.02. The SMILES string of the molecule is CCN(CC(C)C)c1ccc(C(=O)O)cc1[N+](=O)[O-]. The first-order valence-electron chi connectivity index (χ1n) is 6.13. The minimum Gasteiger partial charge on any atom is -0.478 e. The van der Waals surface area contributed by atoms with Crippen molar-refractivity contribution in [2.24, 2.45) is 5.92 Å². The molecule has 0 aliphatic carbocycles. The Hall–Kier alpha value is -2.11. The maximum Gasteiger partial charge on any atom is 0.335 e. The number of anilines is 1. The van der Waals surface area contributed by atoms with Gasteiger partial charge in [-0.25, -0.2) is 4.79 Å². The molecule has 0 saturated heterocycles. The van der Waals surface area contributed by atoms with E-state index in [1.165, 1.54) is 12.1 Å². The van der Waals surface area contributed by atoms with Gasteiger partial charge in [0.05, 0.1) is 10.5 Å². The largest absolute Gasteiger partial charge is 0.478 e. The highest BCUT2D eigenvalue weighted by molar-refractivity contribution is 5.89. The molecular formula is C13H18N2O4. The van der Waals surface area contributed by atoms with Gasteiger partial charge >= 0.3 is 5.97 Å². The number of nitrogens with zero attached hydrogens (tertiary/aromatic N) is 2. The standard InChI is InChI=1S/C13H18N2O4/c1-4-14(8-9(2)3)11-6-5-10(13(16)17)7-12(11)15(18)19/h5-7,9H,4,8H2,1-3H3,(H,16,17). The van der Waals surface area contributed by atoms with Gasteiger partial charge in [-0.05, 0) is 25.0 Å². The molecule has 19 heavy (non-hydrogen) atoms. The first-order valence-corrected chi connectivity index (χ1v) is 6.13. The number of carboxylic acids is 1. The molecule has 0 unspecified atom stereocenters. The van der Waals surface area contributed by atoms with Gasteiger partial charge < -0.3 is 10.0 Å². The fourth-order valence-corrected chi connectivity index (χ4v) is 1.91. The summed E-state index contributed by atoms with van der Waals surface area (Å²) >= 11 is 0. The predicted molar refractivity (Wildman–Crippen MR) is 72.8 cm³/mol. The molecule has 104 valence electrons. The van der Waals surface area contributed by atoms with Gasteiger partial charge in [-0.3, -0.25) is 10.1 Å². The molecule has 0 spiro atoms. The Balaban J connectivity index is 3.25. The van der Waals surface area contributed by atoms with Crippen molar-refractivity contribution in [3.8, 4) is 0 Å². The zero-order valence-corrected chi connectivity index (χ0v) is 11.3. The lowest BCUT2D eigenvalue weighted by atomic mass is 10.1. The highest BCUT2D eigenvalue weighted by Gasteiger charge is 2.21. The summed E-state index contributed by atoms with van der Waals surface area (Å²) in [4.78, 5) is 23.3. The van der Waals surface area contributed by atoms with Crippen LogP contribution in [0.25, 0.3) is 0 Å². The number of benzene rings is 1. The van der Waals surface area contributed by atoms with E-state index in [0.717, 1.165) is 6.07 Å². The molecule has 6 heteroatoms. The second kappa shape index (κ2) is 6.17. The summed E-state index contributed by atoms with van der Waals surface area (Å²) < 4.78 is 0. The third-order valence-corrected chi connectivity index (χ3v) is 2.73. The lowest BCUT2D eigenvalue weighted by Crippen LogP contribution is -2.28. The van der Waals surface area contributed by atoms with Crippen molar-refractivity contribution < 1.29 is 14.8 Å². The topological polar surface area (TPSA) is 83.7 Å². The van der Waals surface area contributed by atoms with E-state index >= 15 is 0 Å². The summed E-state index contributed by atoms with van der Waals surface area (Å²) in [5.74, 6) is -0.805. The van der Waals surface area contributed by atoms with E-state index in [1.54, 1.807) is 0 Å². The van der Waals surface area contributed by atoms with Crippen LogP contribution in [0.2, 0.25) is 0 Å². The molecular weight excluding hydrogens is 248 g/mol. The van der Waals surface area contributed by atoms with Crippen molar-refractivity contribution in [3.63, 3.8) is 0 Å². The first kappa shape index (κ1) is 14.9. The summed E-state index contributed by atoms with van der Waals surface area (Å²) in [5.41, 5.74) is 0.227. The molecule has 0 atom stereocenters. The Morgan fingerprint density at radius 3 is 2.53 bits per heavy atom. The van der Waals surface area contributed by atoms with E-state index in [2.05, 4.69) is 0 Å². The fourth-order valence-electron chi connectivity index (χ4n) is 1.91. The number of nitro groups is 1. The highest BCUT2D eigenvalue weighted by atomic mass is 16.6. The number of rotatable bonds is 6. The van der Waals surface area contributed by atoms with Crippen LogP contribution in [0.3, 0.4) is 0 Å². The Labute approximate surface area is 111 Å². The van der Waals surface area contributed by atoms with Crippen LogP contribution in [0.15, 0.2) is 18.2 Å². The molecule has 1 N–H and O–H groups in total. The van der Waals surface area contributed by atoms with Crippen LogP contribution in [0.4, 0.5) is 11.4 Å². The zero-order chi connectivity index (χ0) is 14.6. The van der Waals surface area contributed by atoms with Gasteiger partial charge in [-0.15, -0.1) is 0 Å². The van der Waals surface area contributed by atoms with Gasteiger partial charge in [-0.1, -0.05) is 13.8 Å². The van der Waals surface area contributed by atoms with Crippen molar-refractivity contribution in [2.75, 3.05) is 18.0 Å². The highest BCUT2D eigenvalue weighted by Crippen LogP contribution is 2.29. The maximum atomic E-state index is 11.1. The molecule has 1 rings (SSSR count). The number of carbonyl (C=O) groups is 1. The second-order valence-electron chi connectivity index (χ2n) is 4.70. The molecule has 6 nitrogen and oxygen atoms in total. The Bertz CT molecular complexity index is 486. The Morgan fingerprint density at radius 1 is 1.47 bits per heavy atom. The summed E-state index contributed by atoms with van der Waals surface area (Å²) in [6.07, 6.45) is 0. The van der Waals surface area contributed by atoms with Crippen LogP contribution >= 0.6 is 0 Å². The van der Waals surface area contributed by atoms with Gasteiger partial charge in [0.2, 0.25) is 0 Å². The van der Waals surface area contributed by atoms with Gasteiger partial charge in [-0.2, -0.15) is 0 Å². The van der Waals surface area contributed by atoms with E-state index in [-0.39, 0.29) is 11.3 Å². The Kier molecular flexibility index (Phi) is 4.86. The number of aromatic carboxylic acids is 1. The van der Waals surface area contributed by atoms with E-state index in [0.29, 0.717) is 24.7 Å². The first-order chi connectivity index (χ1) is 8.86. The smallest absolute Gasteiger partial charge is 0.335 e. The van der Waals surface area contributed by atoms with E-state index in [9.17, 15) is 14.9 Å². The number of carboxylic acid groups (broad SMARTS) is 1. The number of hydrogen-bond donors (Lipinski definition) is 1. The van der Waals surface area contributed by atoms with Gasteiger partial charge in [0.25, 0.3) is 5.69 Å². The van der Waals surface area contributed by atoms with Crippen LogP contribution in [-0.2, 0) is 0 Å². The lowest BCUT2D eigenvalue weighted by Gasteiger charge is -2.24. The second-order valence-corrected chi connectivity index (χ2v) is 4.70. The number of hydrogen-bond acceptors (Lipinski definition) is 4. The van der Waals surface area contributed by atoms with Crippen molar-refractivity contribution in [2.45, 2.75) is 20.8 Å². The van der Waals surface area contributed by atoms with Gasteiger partial charge in [0, 0.05) is 19.2 Å². The molecule has 0 radical (unpaired) electrons. The van der Waals surface area contributed by atoms with Gasteiger partial charge in [0.15, 0.2) is 0 Å². The van der Waals surface area contributed by atoms with Crippen LogP contribution in [0.1, 0.15) is 31.1 Å². The fraction of sp³-hybridized carbons (Fsp3) is 0.462. The van der Waals surface area contributed by atoms with Crippen molar-refractivity contribution in [3.05, 3.63) is 33.9 Å². The van der Waals surface area contributed by atoms with Crippen LogP contribution in [0.5, 0.6) is 0 Å². The normalized spacial score (nSPS) is 10.5. The zero-order valence-electron chi connectivity index (χ0n) is 11.3. The monoisotopic (exact) mass is 266 g/mol. The van der Waals surface area contributed by atoms with E-state index in [4.69, 9.17) is 5.11 Å². The van der Waals surface area contributed by atoms with Crippen LogP contribution in [0, 0.1) is 16.0 Å². The Morgan fingerprint density at radius 2 is 2.11 bits per heavy atom. The molecule has 0 aromatic heterocycles. The average molecular weight is 266 g/mol. The molecule has 0 amide bonds. The van der Waals surface area contributed by atoms with Crippen LogP contribution < -0.4 is 4.90 Å². The predicted octanol–water partition coefficient (Wildman–Crippen LogP) is 2.78. The van der Waals surface area contributed by atoms with Crippen LogP contribution in [-0.4, -0.2) is 29.1 Å². The third kappa shape index (κ3) is 3.67. The summed E-state index contributed by atoms with van der Waals surface area (Å²) in [5, 5.41) is 20.0. The maximum absolute atomic E-state index is 11.1. The molecule has 0 fully saturated rings. The van der Waals surface area contributed by atoms with E-state index < -0.39 is 10.9 Å². The van der Waals surface area contributed by atoms with Gasteiger partial charge in [0.1, 0.15) is 5.69 Å². The lowest BCUT2D eigenvalue weighted by molar-refractivity contribution is -0.384. The van der Waals surface area contributed by atoms with Crippen molar-refractivity contribution >= 4 is 17.3 Å². The molecule has 0 saturated carbocycles. The quantitative estimate of drug-likeness (QED) is 0.632. The average Bonchev–Trinajstić information content (AvgIpc) is 2.34. The van der Waals surface area contributed by atoms with Crippen molar-refractivity contribution in [1.29, 1.82) is 0 Å².